The fourth-order valence-corrected chi connectivity index (χ4v) is 1.34. The summed E-state index contributed by atoms with van der Waals surface area (Å²) in [4.78, 5) is 0. The number of methoxy groups -OCH3 is 1. The average Bonchev–Trinajstić information content (AvgIpc) is 2.20. The lowest BCUT2D eigenvalue weighted by atomic mass is 10.2. The van der Waals surface area contributed by atoms with Crippen LogP contribution in [0.15, 0.2) is 24.3 Å². The minimum atomic E-state index is -2.82. The molecule has 0 aliphatic rings. The van der Waals surface area contributed by atoms with Crippen LogP contribution in [0.4, 0.5) is 14.5 Å². The Bertz CT molecular complexity index is 321. The largest absolute Gasteiger partial charge is 0.433 e. The van der Waals surface area contributed by atoms with Crippen LogP contribution in [0, 0.1) is 0 Å². The SMILES string of the molecule is COCC(C)Nc1ccccc1OC(F)F. The number of anilines is 1. The highest BCUT2D eigenvalue weighted by Gasteiger charge is 2.10. The third-order valence-electron chi connectivity index (χ3n) is 1.92. The third kappa shape index (κ3) is 4.02. The predicted octanol–water partition coefficient (Wildman–Crippen LogP) is 2.73. The fourth-order valence-electron chi connectivity index (χ4n) is 1.34. The van der Waals surface area contributed by atoms with Crippen LogP contribution in [0.25, 0.3) is 0 Å². The first-order valence-corrected chi connectivity index (χ1v) is 4.92. The molecule has 0 aliphatic heterocycles. The van der Waals surface area contributed by atoms with Gasteiger partial charge in [0.1, 0.15) is 5.75 Å². The summed E-state index contributed by atoms with van der Waals surface area (Å²) in [6.45, 7) is -0.438. The summed E-state index contributed by atoms with van der Waals surface area (Å²) in [7, 11) is 1.58. The number of hydrogen-bond donors (Lipinski definition) is 1. The molecule has 0 aliphatic carbocycles. The van der Waals surface area contributed by atoms with Crippen LogP contribution in [-0.2, 0) is 4.74 Å². The molecule has 0 fully saturated rings. The summed E-state index contributed by atoms with van der Waals surface area (Å²) in [6, 6.07) is 6.59. The highest BCUT2D eigenvalue weighted by atomic mass is 19.3. The first kappa shape index (κ1) is 12.7. The summed E-state index contributed by atoms with van der Waals surface area (Å²) >= 11 is 0. The number of rotatable bonds is 6. The Labute approximate surface area is 93.4 Å². The molecule has 0 saturated heterocycles. The van der Waals surface area contributed by atoms with E-state index < -0.39 is 6.61 Å². The Morgan fingerprint density at radius 1 is 1.31 bits per heavy atom. The van der Waals surface area contributed by atoms with E-state index in [4.69, 9.17) is 4.74 Å². The van der Waals surface area contributed by atoms with Crippen LogP contribution in [0.3, 0.4) is 0 Å². The molecule has 16 heavy (non-hydrogen) atoms. The van der Waals surface area contributed by atoms with E-state index >= 15 is 0 Å². The van der Waals surface area contributed by atoms with Gasteiger partial charge < -0.3 is 14.8 Å². The van der Waals surface area contributed by atoms with Gasteiger partial charge in [0.25, 0.3) is 0 Å². The molecule has 0 saturated carbocycles. The van der Waals surface area contributed by atoms with Crippen molar-refractivity contribution in [1.82, 2.24) is 0 Å². The van der Waals surface area contributed by atoms with Crippen molar-refractivity contribution >= 4 is 5.69 Å². The second-order valence-corrected chi connectivity index (χ2v) is 3.38. The fraction of sp³-hybridized carbons (Fsp3) is 0.455. The van der Waals surface area contributed by atoms with Gasteiger partial charge in [0.15, 0.2) is 0 Å². The summed E-state index contributed by atoms with van der Waals surface area (Å²) in [6.07, 6.45) is 0. The van der Waals surface area contributed by atoms with Gasteiger partial charge in [-0.2, -0.15) is 8.78 Å². The van der Waals surface area contributed by atoms with E-state index in [1.54, 1.807) is 25.3 Å². The van der Waals surface area contributed by atoms with Gasteiger partial charge >= 0.3 is 6.61 Å². The number of benzene rings is 1. The molecule has 0 radical (unpaired) electrons. The maximum atomic E-state index is 12.1. The molecule has 1 unspecified atom stereocenters. The topological polar surface area (TPSA) is 30.5 Å². The smallest absolute Gasteiger partial charge is 0.387 e. The highest BCUT2D eigenvalue weighted by molar-refractivity contribution is 5.56. The molecule has 1 N–H and O–H groups in total. The molecule has 1 aromatic rings. The second kappa shape index (κ2) is 6.27. The van der Waals surface area contributed by atoms with E-state index in [-0.39, 0.29) is 11.8 Å². The van der Waals surface area contributed by atoms with E-state index in [2.05, 4.69) is 10.1 Å². The third-order valence-corrected chi connectivity index (χ3v) is 1.92. The van der Waals surface area contributed by atoms with Crippen molar-refractivity contribution in [3.63, 3.8) is 0 Å². The molecule has 0 heterocycles. The molecule has 1 atom stereocenters. The first-order valence-electron chi connectivity index (χ1n) is 4.92. The average molecular weight is 231 g/mol. The number of halogens is 2. The van der Waals surface area contributed by atoms with E-state index in [0.29, 0.717) is 12.3 Å². The van der Waals surface area contributed by atoms with Crippen LogP contribution in [0.2, 0.25) is 0 Å². The lowest BCUT2D eigenvalue weighted by Gasteiger charge is -2.17. The van der Waals surface area contributed by atoms with E-state index in [1.807, 2.05) is 6.92 Å². The van der Waals surface area contributed by atoms with Crippen molar-refractivity contribution in [2.45, 2.75) is 19.6 Å². The van der Waals surface area contributed by atoms with Gasteiger partial charge in [0, 0.05) is 13.2 Å². The highest BCUT2D eigenvalue weighted by Crippen LogP contribution is 2.25. The molecular weight excluding hydrogens is 216 g/mol. The Hall–Kier alpha value is -1.36. The van der Waals surface area contributed by atoms with E-state index in [9.17, 15) is 8.78 Å². The molecule has 1 rings (SSSR count). The monoisotopic (exact) mass is 231 g/mol. The van der Waals surface area contributed by atoms with Crippen LogP contribution < -0.4 is 10.1 Å². The molecular formula is C11H15F2NO2. The Morgan fingerprint density at radius 3 is 2.62 bits per heavy atom. The van der Waals surface area contributed by atoms with Gasteiger partial charge in [-0.3, -0.25) is 0 Å². The predicted molar refractivity (Wildman–Crippen MR) is 58.0 cm³/mol. The Kier molecular flexibility index (Phi) is 4.98. The number of ether oxygens (including phenoxy) is 2. The molecule has 90 valence electrons. The van der Waals surface area contributed by atoms with E-state index in [1.165, 1.54) is 6.07 Å². The first-order chi connectivity index (χ1) is 7.63. The van der Waals surface area contributed by atoms with Crippen molar-refractivity contribution in [3.8, 4) is 5.75 Å². The number of hydrogen-bond acceptors (Lipinski definition) is 3. The Morgan fingerprint density at radius 2 is 2.00 bits per heavy atom. The van der Waals surface area contributed by atoms with Crippen LogP contribution in [0.1, 0.15) is 6.92 Å². The summed E-state index contributed by atoms with van der Waals surface area (Å²) in [5, 5.41) is 3.03. The van der Waals surface area contributed by atoms with Crippen molar-refractivity contribution < 1.29 is 18.3 Å². The maximum absolute atomic E-state index is 12.1. The zero-order valence-electron chi connectivity index (χ0n) is 9.24. The van der Waals surface area contributed by atoms with Gasteiger partial charge in [0.05, 0.1) is 12.3 Å². The minimum Gasteiger partial charge on any atom is -0.433 e. The number of para-hydroxylation sites is 2. The molecule has 0 spiro atoms. The number of alkyl halides is 2. The molecule has 5 heteroatoms. The van der Waals surface area contributed by atoms with Gasteiger partial charge in [-0.25, -0.2) is 0 Å². The normalized spacial score (nSPS) is 12.6. The molecule has 1 aromatic carbocycles. The minimum absolute atomic E-state index is 0.0208. The molecule has 0 bridgehead atoms. The Balaban J connectivity index is 2.70. The second-order valence-electron chi connectivity index (χ2n) is 3.38. The van der Waals surface area contributed by atoms with E-state index in [0.717, 1.165) is 0 Å². The van der Waals surface area contributed by atoms with Gasteiger partial charge in [-0.15, -0.1) is 0 Å². The maximum Gasteiger partial charge on any atom is 0.387 e. The zero-order valence-corrected chi connectivity index (χ0v) is 9.24. The summed E-state index contributed by atoms with van der Waals surface area (Å²) in [5.74, 6) is 0.139. The molecule has 0 amide bonds. The molecule has 3 nitrogen and oxygen atoms in total. The van der Waals surface area contributed by atoms with Crippen LogP contribution >= 0.6 is 0 Å². The lowest BCUT2D eigenvalue weighted by molar-refractivity contribution is -0.0494. The van der Waals surface area contributed by atoms with Gasteiger partial charge in [0.2, 0.25) is 0 Å². The molecule has 0 aromatic heterocycles. The van der Waals surface area contributed by atoms with Crippen LogP contribution in [0.5, 0.6) is 5.75 Å². The summed E-state index contributed by atoms with van der Waals surface area (Å²) < 4.78 is 33.6. The zero-order chi connectivity index (χ0) is 12.0. The van der Waals surface area contributed by atoms with Gasteiger partial charge in [-0.05, 0) is 19.1 Å². The van der Waals surface area contributed by atoms with Crippen molar-refractivity contribution in [2.24, 2.45) is 0 Å². The van der Waals surface area contributed by atoms with Gasteiger partial charge in [-0.1, -0.05) is 12.1 Å². The van der Waals surface area contributed by atoms with Crippen molar-refractivity contribution in [1.29, 1.82) is 0 Å². The summed E-state index contributed by atoms with van der Waals surface area (Å²) in [5.41, 5.74) is 0.535. The number of nitrogens with one attached hydrogen (secondary N) is 1. The quantitative estimate of drug-likeness (QED) is 0.816. The van der Waals surface area contributed by atoms with Crippen molar-refractivity contribution in [2.75, 3.05) is 19.0 Å². The van der Waals surface area contributed by atoms with Crippen LogP contribution in [-0.4, -0.2) is 26.4 Å². The standard InChI is InChI=1S/C11H15F2NO2/c1-8(7-15-2)14-9-5-3-4-6-10(9)16-11(12)13/h3-6,8,11,14H,7H2,1-2H3. The lowest BCUT2D eigenvalue weighted by Crippen LogP contribution is -2.21. The van der Waals surface area contributed by atoms with Crippen molar-refractivity contribution in [3.05, 3.63) is 24.3 Å².